The van der Waals surface area contributed by atoms with Crippen LogP contribution in [0.1, 0.15) is 12.0 Å². The lowest BCUT2D eigenvalue weighted by atomic mass is 10.1. The fourth-order valence-electron chi connectivity index (χ4n) is 2.34. The van der Waals surface area contributed by atoms with Crippen LogP contribution >= 0.6 is 0 Å². The topological polar surface area (TPSA) is 36.0 Å². The molecule has 0 fully saturated rings. The van der Waals surface area contributed by atoms with Crippen molar-refractivity contribution in [3.05, 3.63) is 48.0 Å². The minimum absolute atomic E-state index is 0.255. The van der Waals surface area contributed by atoms with Crippen LogP contribution in [0.2, 0.25) is 0 Å². The Morgan fingerprint density at radius 3 is 2.65 bits per heavy atom. The van der Waals surface area contributed by atoms with E-state index in [0.29, 0.717) is 0 Å². The van der Waals surface area contributed by atoms with E-state index in [9.17, 15) is 0 Å². The maximum atomic E-state index is 8.85. The van der Waals surface area contributed by atoms with Crippen LogP contribution in [0.25, 0.3) is 21.8 Å². The fraction of sp³-hybridized carbons (Fsp3) is 0.200. The Hall–Kier alpha value is -1.80. The van der Waals surface area contributed by atoms with Crippen LogP contribution in [0.4, 0.5) is 0 Å². The number of nitrogens with one attached hydrogen (secondary N) is 1. The van der Waals surface area contributed by atoms with Crippen molar-refractivity contribution in [1.82, 2.24) is 4.98 Å². The van der Waals surface area contributed by atoms with Crippen LogP contribution in [0, 0.1) is 0 Å². The van der Waals surface area contributed by atoms with E-state index in [4.69, 9.17) is 5.11 Å². The van der Waals surface area contributed by atoms with Crippen molar-refractivity contribution in [2.75, 3.05) is 6.61 Å². The Kier molecular flexibility index (Phi) is 2.57. The molecule has 17 heavy (non-hydrogen) atoms. The van der Waals surface area contributed by atoms with Crippen LogP contribution in [0.3, 0.4) is 0 Å². The minimum Gasteiger partial charge on any atom is -0.396 e. The first kappa shape index (κ1) is 10.4. The highest BCUT2D eigenvalue weighted by Gasteiger charge is 2.03. The highest BCUT2D eigenvalue weighted by Crippen LogP contribution is 2.26. The first-order chi connectivity index (χ1) is 8.38. The van der Waals surface area contributed by atoms with Gasteiger partial charge in [-0.15, -0.1) is 0 Å². The average Bonchev–Trinajstić information content (AvgIpc) is 2.74. The van der Waals surface area contributed by atoms with Gasteiger partial charge in [0.1, 0.15) is 0 Å². The standard InChI is InChI=1S/C15H15NO/c17-9-3-4-11-7-8-13-12-5-1-2-6-14(12)16-15(13)10-11/h1-2,5-8,10,16-17H,3-4,9H2. The number of aromatic amines is 1. The van der Waals surface area contributed by atoms with Crippen LogP contribution < -0.4 is 0 Å². The van der Waals surface area contributed by atoms with Gasteiger partial charge in [-0.05, 0) is 30.5 Å². The number of aliphatic hydroxyl groups excluding tert-OH is 1. The lowest BCUT2D eigenvalue weighted by Gasteiger charge is -1.99. The number of aromatic nitrogens is 1. The molecule has 0 aliphatic carbocycles. The molecule has 1 heterocycles. The average molecular weight is 225 g/mol. The number of para-hydroxylation sites is 1. The van der Waals surface area contributed by atoms with Crippen molar-refractivity contribution in [3.63, 3.8) is 0 Å². The van der Waals surface area contributed by atoms with Crippen molar-refractivity contribution in [2.45, 2.75) is 12.8 Å². The van der Waals surface area contributed by atoms with E-state index in [2.05, 4.69) is 41.4 Å². The molecule has 1 aromatic heterocycles. The Morgan fingerprint density at radius 1 is 0.941 bits per heavy atom. The van der Waals surface area contributed by atoms with Gasteiger partial charge in [0.25, 0.3) is 0 Å². The molecule has 0 aliphatic heterocycles. The molecule has 2 heteroatoms. The summed E-state index contributed by atoms with van der Waals surface area (Å²) in [5.41, 5.74) is 3.64. The zero-order chi connectivity index (χ0) is 11.7. The first-order valence-electron chi connectivity index (χ1n) is 5.99. The van der Waals surface area contributed by atoms with Crippen LogP contribution in [0.5, 0.6) is 0 Å². The van der Waals surface area contributed by atoms with Crippen molar-refractivity contribution in [3.8, 4) is 0 Å². The lowest BCUT2D eigenvalue weighted by Crippen LogP contribution is -1.88. The second-order valence-corrected chi connectivity index (χ2v) is 4.38. The zero-order valence-electron chi connectivity index (χ0n) is 9.61. The van der Waals surface area contributed by atoms with Gasteiger partial charge in [-0.1, -0.05) is 30.3 Å². The summed E-state index contributed by atoms with van der Waals surface area (Å²) in [4.78, 5) is 3.43. The van der Waals surface area contributed by atoms with E-state index >= 15 is 0 Å². The van der Waals surface area contributed by atoms with Gasteiger partial charge < -0.3 is 10.1 Å². The summed E-state index contributed by atoms with van der Waals surface area (Å²) in [5.74, 6) is 0. The maximum absolute atomic E-state index is 8.85. The third kappa shape index (κ3) is 1.81. The van der Waals surface area contributed by atoms with Gasteiger partial charge >= 0.3 is 0 Å². The van der Waals surface area contributed by atoms with Gasteiger partial charge in [-0.3, -0.25) is 0 Å². The molecule has 2 N–H and O–H groups in total. The molecule has 2 nitrogen and oxygen atoms in total. The predicted octanol–water partition coefficient (Wildman–Crippen LogP) is 3.25. The molecule has 0 saturated heterocycles. The quantitative estimate of drug-likeness (QED) is 0.705. The summed E-state index contributed by atoms with van der Waals surface area (Å²) < 4.78 is 0. The second-order valence-electron chi connectivity index (χ2n) is 4.38. The molecule has 0 unspecified atom stereocenters. The third-order valence-corrected chi connectivity index (χ3v) is 3.19. The molecular formula is C15H15NO. The zero-order valence-corrected chi connectivity index (χ0v) is 9.61. The molecule has 3 aromatic rings. The highest BCUT2D eigenvalue weighted by molar-refractivity contribution is 6.07. The van der Waals surface area contributed by atoms with E-state index in [-0.39, 0.29) is 6.61 Å². The smallest absolute Gasteiger partial charge is 0.0467 e. The number of fused-ring (bicyclic) bond motifs is 3. The number of hydrogen-bond donors (Lipinski definition) is 2. The summed E-state index contributed by atoms with van der Waals surface area (Å²) in [6.45, 7) is 0.255. The predicted molar refractivity (Wildman–Crippen MR) is 71.2 cm³/mol. The van der Waals surface area contributed by atoms with E-state index in [1.54, 1.807) is 0 Å². The number of aryl methyl sites for hydroxylation is 1. The van der Waals surface area contributed by atoms with E-state index < -0.39 is 0 Å². The number of hydrogen-bond acceptors (Lipinski definition) is 1. The summed E-state index contributed by atoms with van der Waals surface area (Å²) in [5, 5.41) is 11.4. The monoisotopic (exact) mass is 225 g/mol. The van der Waals surface area contributed by atoms with E-state index in [0.717, 1.165) is 12.8 Å². The SMILES string of the molecule is OCCCc1ccc2c(c1)[nH]c1ccccc12. The molecule has 0 saturated carbocycles. The summed E-state index contributed by atoms with van der Waals surface area (Å²) >= 11 is 0. The van der Waals surface area contributed by atoms with Crippen molar-refractivity contribution in [1.29, 1.82) is 0 Å². The minimum atomic E-state index is 0.255. The van der Waals surface area contributed by atoms with Crippen LogP contribution in [-0.4, -0.2) is 16.7 Å². The van der Waals surface area contributed by atoms with Gasteiger partial charge in [0.2, 0.25) is 0 Å². The summed E-state index contributed by atoms with van der Waals surface area (Å²) in [7, 11) is 0. The molecule has 0 atom stereocenters. The Morgan fingerprint density at radius 2 is 1.76 bits per heavy atom. The summed E-state index contributed by atoms with van der Waals surface area (Å²) in [6.07, 6.45) is 1.76. The van der Waals surface area contributed by atoms with Crippen molar-refractivity contribution in [2.24, 2.45) is 0 Å². The third-order valence-electron chi connectivity index (χ3n) is 3.19. The molecule has 86 valence electrons. The van der Waals surface area contributed by atoms with Gasteiger partial charge in [0.15, 0.2) is 0 Å². The summed E-state index contributed by atoms with van der Waals surface area (Å²) in [6, 6.07) is 14.9. The normalized spacial score (nSPS) is 11.4. The van der Waals surface area contributed by atoms with Gasteiger partial charge in [0, 0.05) is 28.4 Å². The molecule has 0 amide bonds. The van der Waals surface area contributed by atoms with Gasteiger partial charge in [-0.25, -0.2) is 0 Å². The Balaban J connectivity index is 2.13. The van der Waals surface area contributed by atoms with E-state index in [1.807, 2.05) is 6.07 Å². The highest BCUT2D eigenvalue weighted by atomic mass is 16.2. The Labute approximate surface area is 99.9 Å². The fourth-order valence-corrected chi connectivity index (χ4v) is 2.34. The van der Waals surface area contributed by atoms with Gasteiger partial charge in [0.05, 0.1) is 0 Å². The molecule has 0 radical (unpaired) electrons. The second kappa shape index (κ2) is 4.22. The van der Waals surface area contributed by atoms with E-state index in [1.165, 1.54) is 27.4 Å². The number of benzene rings is 2. The van der Waals surface area contributed by atoms with Crippen molar-refractivity contribution >= 4 is 21.8 Å². The number of H-pyrrole nitrogens is 1. The molecule has 0 aliphatic rings. The molecular weight excluding hydrogens is 210 g/mol. The largest absolute Gasteiger partial charge is 0.396 e. The lowest BCUT2D eigenvalue weighted by molar-refractivity contribution is 0.288. The van der Waals surface area contributed by atoms with Crippen LogP contribution in [-0.2, 0) is 6.42 Å². The molecule has 3 rings (SSSR count). The molecule has 2 aromatic carbocycles. The molecule has 0 bridgehead atoms. The number of aliphatic hydroxyl groups is 1. The first-order valence-corrected chi connectivity index (χ1v) is 5.99. The van der Waals surface area contributed by atoms with Crippen LogP contribution in [0.15, 0.2) is 42.5 Å². The Bertz CT molecular complexity index is 654. The maximum Gasteiger partial charge on any atom is 0.0467 e. The number of rotatable bonds is 3. The molecule has 0 spiro atoms. The van der Waals surface area contributed by atoms with Crippen molar-refractivity contribution < 1.29 is 5.11 Å². The van der Waals surface area contributed by atoms with Gasteiger partial charge in [-0.2, -0.15) is 0 Å².